The number of hydrogen-bond donors (Lipinski definition) is 0. The van der Waals surface area contributed by atoms with Gasteiger partial charge in [-0.15, -0.1) is 11.6 Å². The summed E-state index contributed by atoms with van der Waals surface area (Å²) >= 11 is 6.78. The third kappa shape index (κ3) is 3.52. The molecule has 0 fully saturated rings. The molecular formula is C20H26ClN5O2. The van der Waals surface area contributed by atoms with Crippen LogP contribution in [0.5, 0.6) is 0 Å². The van der Waals surface area contributed by atoms with Crippen LogP contribution in [-0.2, 0) is 20.6 Å². The van der Waals surface area contributed by atoms with Crippen LogP contribution in [0.15, 0.2) is 39.9 Å². The Morgan fingerprint density at radius 3 is 2.32 bits per heavy atom. The number of halogens is 1. The summed E-state index contributed by atoms with van der Waals surface area (Å²) in [4.78, 5) is 32.2. The third-order valence-electron chi connectivity index (χ3n) is 5.23. The topological polar surface area (TPSA) is 65.1 Å². The summed E-state index contributed by atoms with van der Waals surface area (Å²) in [6.07, 6.45) is 0. The Kier molecular flexibility index (Phi) is 6.05. The zero-order valence-corrected chi connectivity index (χ0v) is 17.5. The average Bonchev–Trinajstić information content (AvgIpc) is 3.11. The van der Waals surface area contributed by atoms with Crippen LogP contribution in [0.1, 0.15) is 30.6 Å². The zero-order chi connectivity index (χ0) is 20.4. The standard InChI is InChI=1S/C20H26ClN5O2/c1-5-25(6-2)12-13-26-16-18(23(3)20(28)24(4)19(16)27)22-17(26)15(21)14-10-8-7-9-11-14/h7-11,15H,5-6,12-13H2,1-4H3/t15-/m1/s1. The molecule has 0 unspecified atom stereocenters. The van der Waals surface area contributed by atoms with Crippen LogP contribution in [0.25, 0.3) is 11.2 Å². The normalized spacial score (nSPS) is 12.8. The number of nitrogens with zero attached hydrogens (tertiary/aromatic N) is 5. The molecule has 0 radical (unpaired) electrons. The van der Waals surface area contributed by atoms with Crippen LogP contribution in [0.4, 0.5) is 0 Å². The van der Waals surface area contributed by atoms with E-state index in [0.717, 1.165) is 29.8 Å². The molecule has 0 aliphatic rings. The van der Waals surface area contributed by atoms with E-state index in [-0.39, 0.29) is 5.56 Å². The maximum absolute atomic E-state index is 12.9. The first-order valence-corrected chi connectivity index (χ1v) is 9.91. The van der Waals surface area contributed by atoms with E-state index in [0.29, 0.717) is 23.5 Å². The van der Waals surface area contributed by atoms with Gasteiger partial charge in [-0.25, -0.2) is 9.78 Å². The van der Waals surface area contributed by atoms with E-state index in [1.807, 2.05) is 34.9 Å². The lowest BCUT2D eigenvalue weighted by atomic mass is 10.1. The third-order valence-corrected chi connectivity index (χ3v) is 5.68. The number of hydrogen-bond acceptors (Lipinski definition) is 4. The van der Waals surface area contributed by atoms with Gasteiger partial charge in [0.15, 0.2) is 11.2 Å². The molecule has 3 aromatic rings. The maximum atomic E-state index is 12.9. The van der Waals surface area contributed by atoms with Crippen LogP contribution in [0.3, 0.4) is 0 Å². The van der Waals surface area contributed by atoms with E-state index in [1.54, 1.807) is 7.05 Å². The van der Waals surface area contributed by atoms with Crippen molar-refractivity contribution in [2.75, 3.05) is 19.6 Å². The molecule has 3 rings (SSSR count). The molecular weight excluding hydrogens is 378 g/mol. The van der Waals surface area contributed by atoms with Crippen molar-refractivity contribution in [3.63, 3.8) is 0 Å². The quantitative estimate of drug-likeness (QED) is 0.567. The van der Waals surface area contributed by atoms with Crippen LogP contribution in [-0.4, -0.2) is 43.2 Å². The molecule has 2 aromatic heterocycles. The van der Waals surface area contributed by atoms with Crippen molar-refractivity contribution in [2.45, 2.75) is 25.8 Å². The molecule has 0 amide bonds. The first kappa shape index (κ1) is 20.4. The van der Waals surface area contributed by atoms with Crippen molar-refractivity contribution >= 4 is 22.8 Å². The summed E-state index contributed by atoms with van der Waals surface area (Å²) < 4.78 is 4.40. The van der Waals surface area contributed by atoms with Crippen molar-refractivity contribution in [2.24, 2.45) is 14.1 Å². The Labute approximate surface area is 168 Å². The molecule has 1 atom stereocenters. The Hall–Kier alpha value is -2.38. The van der Waals surface area contributed by atoms with Crippen molar-refractivity contribution < 1.29 is 0 Å². The minimum atomic E-state index is -0.523. The SMILES string of the molecule is CCN(CC)CCn1c([C@H](Cl)c2ccccc2)nc2c1c(=O)n(C)c(=O)n2C. The molecule has 28 heavy (non-hydrogen) atoms. The minimum Gasteiger partial charge on any atom is -0.319 e. The predicted molar refractivity (Wildman–Crippen MR) is 112 cm³/mol. The minimum absolute atomic E-state index is 0.353. The molecule has 0 saturated heterocycles. The van der Waals surface area contributed by atoms with Crippen molar-refractivity contribution in [1.82, 2.24) is 23.6 Å². The fourth-order valence-electron chi connectivity index (χ4n) is 3.44. The molecule has 8 heteroatoms. The second-order valence-electron chi connectivity index (χ2n) is 6.80. The van der Waals surface area contributed by atoms with Crippen molar-refractivity contribution in [3.8, 4) is 0 Å². The van der Waals surface area contributed by atoms with E-state index < -0.39 is 11.1 Å². The van der Waals surface area contributed by atoms with Crippen molar-refractivity contribution in [1.29, 1.82) is 0 Å². The first-order valence-electron chi connectivity index (χ1n) is 9.48. The van der Waals surface area contributed by atoms with Crippen molar-refractivity contribution in [3.05, 3.63) is 62.6 Å². The number of alkyl halides is 1. The van der Waals surface area contributed by atoms with E-state index in [1.165, 1.54) is 11.6 Å². The number of imidazole rings is 1. The second kappa shape index (κ2) is 8.32. The highest BCUT2D eigenvalue weighted by molar-refractivity contribution is 6.22. The summed E-state index contributed by atoms with van der Waals surface area (Å²) in [5, 5.41) is -0.523. The van der Waals surface area contributed by atoms with Gasteiger partial charge in [0.1, 0.15) is 11.2 Å². The monoisotopic (exact) mass is 403 g/mol. The molecule has 0 bridgehead atoms. The lowest BCUT2D eigenvalue weighted by Crippen LogP contribution is -2.38. The van der Waals surface area contributed by atoms with E-state index in [2.05, 4.69) is 23.7 Å². The Bertz CT molecular complexity index is 1080. The Balaban J connectivity index is 2.23. The number of benzene rings is 1. The van der Waals surface area contributed by atoms with Crippen LogP contribution in [0.2, 0.25) is 0 Å². The van der Waals surface area contributed by atoms with Gasteiger partial charge in [0.2, 0.25) is 0 Å². The van der Waals surface area contributed by atoms with Gasteiger partial charge in [-0.3, -0.25) is 13.9 Å². The Morgan fingerprint density at radius 2 is 1.71 bits per heavy atom. The number of fused-ring (bicyclic) bond motifs is 1. The molecule has 2 heterocycles. The van der Waals surface area contributed by atoms with Crippen LogP contribution < -0.4 is 11.2 Å². The van der Waals surface area contributed by atoms with E-state index in [4.69, 9.17) is 11.6 Å². The highest BCUT2D eigenvalue weighted by Gasteiger charge is 2.24. The van der Waals surface area contributed by atoms with Gasteiger partial charge in [-0.1, -0.05) is 44.2 Å². The molecule has 0 N–H and O–H groups in total. The summed E-state index contributed by atoms with van der Waals surface area (Å²) in [5.41, 5.74) is 0.916. The second-order valence-corrected chi connectivity index (χ2v) is 7.24. The van der Waals surface area contributed by atoms with Crippen LogP contribution in [0, 0.1) is 0 Å². The lowest BCUT2D eigenvalue weighted by molar-refractivity contribution is 0.290. The van der Waals surface area contributed by atoms with Gasteiger partial charge >= 0.3 is 5.69 Å². The van der Waals surface area contributed by atoms with E-state index >= 15 is 0 Å². The number of aryl methyl sites for hydroxylation is 1. The summed E-state index contributed by atoms with van der Waals surface area (Å²) in [6, 6.07) is 9.63. The largest absolute Gasteiger partial charge is 0.332 e. The fourth-order valence-corrected chi connectivity index (χ4v) is 3.75. The molecule has 150 valence electrons. The van der Waals surface area contributed by atoms with Crippen LogP contribution >= 0.6 is 11.6 Å². The van der Waals surface area contributed by atoms with E-state index in [9.17, 15) is 9.59 Å². The predicted octanol–water partition coefficient (Wildman–Crippen LogP) is 2.10. The number of aromatic nitrogens is 4. The molecule has 7 nitrogen and oxygen atoms in total. The summed E-state index contributed by atoms with van der Waals surface area (Å²) in [5.74, 6) is 0.577. The number of rotatable bonds is 7. The average molecular weight is 404 g/mol. The molecule has 0 saturated carbocycles. The molecule has 1 aromatic carbocycles. The first-order chi connectivity index (χ1) is 13.4. The smallest absolute Gasteiger partial charge is 0.319 e. The number of likely N-dealkylation sites (N-methyl/N-ethyl adjacent to an activating group) is 1. The highest BCUT2D eigenvalue weighted by atomic mass is 35.5. The van der Waals surface area contributed by atoms with Gasteiger partial charge < -0.3 is 9.47 Å². The van der Waals surface area contributed by atoms with Gasteiger partial charge in [-0.2, -0.15) is 0 Å². The maximum Gasteiger partial charge on any atom is 0.332 e. The summed E-state index contributed by atoms with van der Waals surface area (Å²) in [6.45, 7) is 7.36. The zero-order valence-electron chi connectivity index (χ0n) is 16.7. The highest BCUT2D eigenvalue weighted by Crippen LogP contribution is 2.29. The Morgan fingerprint density at radius 1 is 1.07 bits per heavy atom. The molecule has 0 aliphatic heterocycles. The summed E-state index contributed by atoms with van der Waals surface area (Å²) in [7, 11) is 3.11. The van der Waals surface area contributed by atoms with Gasteiger partial charge in [0, 0.05) is 27.2 Å². The van der Waals surface area contributed by atoms with Gasteiger partial charge in [0.25, 0.3) is 5.56 Å². The van der Waals surface area contributed by atoms with Gasteiger partial charge in [-0.05, 0) is 18.7 Å². The van der Waals surface area contributed by atoms with Gasteiger partial charge in [0.05, 0.1) is 0 Å². The lowest BCUT2D eigenvalue weighted by Gasteiger charge is -2.20. The molecule has 0 aliphatic carbocycles. The molecule has 0 spiro atoms. The fraction of sp³-hybridized carbons (Fsp3) is 0.450.